The van der Waals surface area contributed by atoms with Crippen molar-refractivity contribution in [3.8, 4) is 10.4 Å². The first-order valence-corrected chi connectivity index (χ1v) is 9.08. The average molecular weight is 363 g/mol. The van der Waals surface area contributed by atoms with E-state index in [1.165, 1.54) is 22.2 Å². The molecule has 0 radical (unpaired) electrons. The predicted octanol–water partition coefficient (Wildman–Crippen LogP) is 3.95. The zero-order chi connectivity index (χ0) is 18.3. The van der Waals surface area contributed by atoms with Crippen LogP contribution in [0.5, 0.6) is 0 Å². The van der Waals surface area contributed by atoms with Crippen molar-refractivity contribution in [1.82, 2.24) is 14.5 Å². The van der Waals surface area contributed by atoms with Gasteiger partial charge in [-0.15, -0.1) is 11.3 Å². The quantitative estimate of drug-likeness (QED) is 0.558. The predicted molar refractivity (Wildman–Crippen MR) is 104 cm³/mol. The monoisotopic (exact) mass is 363 g/mol. The van der Waals surface area contributed by atoms with Gasteiger partial charge < -0.3 is 4.98 Å². The zero-order valence-corrected chi connectivity index (χ0v) is 15.3. The molecule has 4 rings (SSSR count). The maximum absolute atomic E-state index is 12.8. The van der Waals surface area contributed by atoms with E-state index >= 15 is 0 Å². The molecule has 0 aliphatic carbocycles. The van der Waals surface area contributed by atoms with E-state index in [2.05, 4.69) is 9.97 Å². The fraction of sp³-hybridized carbons (Fsp3) is 0.150. The number of aryl methyl sites for hydroxylation is 2. The van der Waals surface area contributed by atoms with Crippen molar-refractivity contribution in [3.63, 3.8) is 0 Å². The highest BCUT2D eigenvalue weighted by atomic mass is 32.1. The van der Waals surface area contributed by atoms with Crippen LogP contribution >= 0.6 is 11.3 Å². The molecule has 26 heavy (non-hydrogen) atoms. The van der Waals surface area contributed by atoms with Crippen molar-refractivity contribution >= 4 is 27.3 Å². The van der Waals surface area contributed by atoms with Gasteiger partial charge in [0.15, 0.2) is 5.78 Å². The molecule has 1 aromatic carbocycles. The maximum Gasteiger partial charge on any atom is 0.262 e. The average Bonchev–Trinajstić information content (AvgIpc) is 3.21. The Morgan fingerprint density at radius 1 is 1.19 bits per heavy atom. The fourth-order valence-electron chi connectivity index (χ4n) is 3.07. The zero-order valence-electron chi connectivity index (χ0n) is 14.4. The summed E-state index contributed by atoms with van der Waals surface area (Å²) in [5.41, 5.74) is 3.22. The Morgan fingerprint density at radius 2 is 1.96 bits per heavy atom. The lowest BCUT2D eigenvalue weighted by molar-refractivity contribution is 0.0970. The van der Waals surface area contributed by atoms with Gasteiger partial charge in [-0.05, 0) is 31.5 Å². The van der Waals surface area contributed by atoms with Crippen LogP contribution in [0, 0.1) is 13.8 Å². The van der Waals surface area contributed by atoms with Crippen molar-refractivity contribution in [2.24, 2.45) is 0 Å². The second-order valence-electron chi connectivity index (χ2n) is 6.29. The van der Waals surface area contributed by atoms with Crippen LogP contribution in [-0.2, 0) is 6.54 Å². The van der Waals surface area contributed by atoms with E-state index in [0.717, 1.165) is 21.8 Å². The minimum Gasteiger partial charge on any atom is -0.362 e. The molecule has 0 spiro atoms. The Kier molecular flexibility index (Phi) is 4.05. The largest absolute Gasteiger partial charge is 0.362 e. The molecule has 3 aromatic heterocycles. The first kappa shape index (κ1) is 16.5. The normalized spacial score (nSPS) is 11.2. The van der Waals surface area contributed by atoms with Crippen molar-refractivity contribution in [1.29, 1.82) is 0 Å². The standard InChI is InChI=1S/C20H17N3O2S/c1-12-8-15(13(2)22-12)17(24)10-23-11-21-19-16(20(23)25)9-18(26-19)14-6-4-3-5-7-14/h3-9,11,22H,10H2,1-2H3. The highest BCUT2D eigenvalue weighted by Gasteiger charge is 2.15. The third-order valence-electron chi connectivity index (χ3n) is 4.34. The first-order chi connectivity index (χ1) is 12.5. The Bertz CT molecular complexity index is 1170. The molecule has 0 saturated carbocycles. The Morgan fingerprint density at radius 3 is 2.65 bits per heavy atom. The SMILES string of the molecule is Cc1cc(C(=O)Cn2cnc3sc(-c4ccccc4)cc3c2=O)c(C)[nH]1. The van der Waals surface area contributed by atoms with E-state index < -0.39 is 0 Å². The molecule has 1 N–H and O–H groups in total. The minimum absolute atomic E-state index is 0.0174. The number of hydrogen-bond donors (Lipinski definition) is 1. The summed E-state index contributed by atoms with van der Waals surface area (Å²) in [5, 5.41) is 0.547. The van der Waals surface area contributed by atoms with Crippen LogP contribution in [0.2, 0.25) is 0 Å². The van der Waals surface area contributed by atoms with Gasteiger partial charge in [0.1, 0.15) is 4.83 Å². The van der Waals surface area contributed by atoms with Gasteiger partial charge in [-0.1, -0.05) is 30.3 Å². The lowest BCUT2D eigenvalue weighted by atomic mass is 10.1. The van der Waals surface area contributed by atoms with Gasteiger partial charge in [-0.2, -0.15) is 0 Å². The number of benzene rings is 1. The third-order valence-corrected chi connectivity index (χ3v) is 5.43. The molecule has 0 unspecified atom stereocenters. The Labute approximate surface area is 154 Å². The van der Waals surface area contributed by atoms with Gasteiger partial charge in [0, 0.05) is 21.8 Å². The highest BCUT2D eigenvalue weighted by molar-refractivity contribution is 7.21. The number of aromatic nitrogens is 3. The van der Waals surface area contributed by atoms with Gasteiger partial charge in [0.25, 0.3) is 5.56 Å². The van der Waals surface area contributed by atoms with E-state index in [0.29, 0.717) is 15.8 Å². The number of carbonyl (C=O) groups excluding carboxylic acids is 1. The Balaban J connectivity index is 1.71. The number of thiophene rings is 1. The molecule has 6 heteroatoms. The molecular weight excluding hydrogens is 346 g/mol. The molecule has 0 saturated heterocycles. The molecule has 3 heterocycles. The van der Waals surface area contributed by atoms with Crippen LogP contribution in [0.3, 0.4) is 0 Å². The van der Waals surface area contributed by atoms with Crippen molar-refractivity contribution in [3.05, 3.63) is 76.1 Å². The van der Waals surface area contributed by atoms with E-state index in [-0.39, 0.29) is 17.9 Å². The van der Waals surface area contributed by atoms with Crippen molar-refractivity contribution in [2.75, 3.05) is 0 Å². The van der Waals surface area contributed by atoms with Crippen LogP contribution in [0.4, 0.5) is 0 Å². The number of rotatable bonds is 4. The summed E-state index contributed by atoms with van der Waals surface area (Å²) < 4.78 is 1.38. The summed E-state index contributed by atoms with van der Waals surface area (Å²) in [7, 11) is 0. The van der Waals surface area contributed by atoms with Gasteiger partial charge in [0.2, 0.25) is 0 Å². The number of hydrogen-bond acceptors (Lipinski definition) is 4. The van der Waals surface area contributed by atoms with Gasteiger partial charge in [-0.25, -0.2) is 4.98 Å². The molecule has 130 valence electrons. The molecular formula is C20H17N3O2S. The maximum atomic E-state index is 12.8. The fourth-order valence-corrected chi connectivity index (χ4v) is 4.07. The number of ketones is 1. The summed E-state index contributed by atoms with van der Waals surface area (Å²) in [6.45, 7) is 3.74. The molecule has 0 bridgehead atoms. The van der Waals surface area contributed by atoms with Gasteiger partial charge in [0.05, 0.1) is 18.3 Å². The van der Waals surface area contributed by atoms with Crippen LogP contribution in [0.25, 0.3) is 20.7 Å². The minimum atomic E-state index is -0.188. The summed E-state index contributed by atoms with van der Waals surface area (Å²) >= 11 is 1.48. The summed E-state index contributed by atoms with van der Waals surface area (Å²) in [4.78, 5) is 34.5. The number of nitrogens with one attached hydrogen (secondary N) is 1. The van der Waals surface area contributed by atoms with Crippen molar-refractivity contribution < 1.29 is 4.79 Å². The lowest BCUT2D eigenvalue weighted by Crippen LogP contribution is -2.24. The third kappa shape index (κ3) is 2.88. The second-order valence-corrected chi connectivity index (χ2v) is 7.32. The topological polar surface area (TPSA) is 67.8 Å². The highest BCUT2D eigenvalue weighted by Crippen LogP contribution is 2.30. The van der Waals surface area contributed by atoms with Crippen molar-refractivity contribution in [2.45, 2.75) is 20.4 Å². The van der Waals surface area contributed by atoms with Crippen LogP contribution < -0.4 is 5.56 Å². The van der Waals surface area contributed by atoms with E-state index in [4.69, 9.17) is 0 Å². The number of nitrogens with zero attached hydrogens (tertiary/aromatic N) is 2. The van der Waals surface area contributed by atoms with E-state index in [1.54, 1.807) is 0 Å². The van der Waals surface area contributed by atoms with E-state index in [9.17, 15) is 9.59 Å². The lowest BCUT2D eigenvalue weighted by Gasteiger charge is -2.04. The molecule has 5 nitrogen and oxygen atoms in total. The number of Topliss-reactive ketones (excluding diaryl/α,β-unsaturated/α-hetero) is 1. The summed E-state index contributed by atoms with van der Waals surface area (Å²) in [5.74, 6) is -0.103. The molecule has 0 atom stereocenters. The van der Waals surface area contributed by atoms with Crippen LogP contribution in [0.1, 0.15) is 21.7 Å². The summed E-state index contributed by atoms with van der Waals surface area (Å²) in [6, 6.07) is 13.6. The van der Waals surface area contributed by atoms with Gasteiger partial charge >= 0.3 is 0 Å². The molecule has 0 amide bonds. The summed E-state index contributed by atoms with van der Waals surface area (Å²) in [6.07, 6.45) is 1.46. The second kappa shape index (κ2) is 6.38. The number of H-pyrrole nitrogens is 1. The Hall–Kier alpha value is -2.99. The number of fused-ring (bicyclic) bond motifs is 1. The smallest absolute Gasteiger partial charge is 0.262 e. The number of aromatic amines is 1. The van der Waals surface area contributed by atoms with Crippen LogP contribution in [-0.4, -0.2) is 20.3 Å². The van der Waals surface area contributed by atoms with Crippen LogP contribution in [0.15, 0.2) is 53.6 Å². The first-order valence-electron chi connectivity index (χ1n) is 8.27. The number of carbonyl (C=O) groups is 1. The molecule has 0 fully saturated rings. The molecule has 4 aromatic rings. The van der Waals surface area contributed by atoms with Gasteiger partial charge in [-0.3, -0.25) is 14.2 Å². The molecule has 0 aliphatic heterocycles. The molecule has 0 aliphatic rings. The van der Waals surface area contributed by atoms with E-state index in [1.807, 2.05) is 56.3 Å².